The number of aryl methyl sites for hydroxylation is 1. The Balaban J connectivity index is 1.95. The van der Waals surface area contributed by atoms with Crippen molar-refractivity contribution in [3.05, 3.63) is 77.5 Å². The van der Waals surface area contributed by atoms with Gasteiger partial charge in [0.05, 0.1) is 10.7 Å². The molecule has 28 heavy (non-hydrogen) atoms. The summed E-state index contributed by atoms with van der Waals surface area (Å²) in [5.74, 6) is -1.25. The number of aliphatic carboxylic acids is 1. The Labute approximate surface area is 166 Å². The summed E-state index contributed by atoms with van der Waals surface area (Å²) in [6, 6.07) is 18.2. The molecule has 0 fully saturated rings. The maximum absolute atomic E-state index is 11.5. The SMILES string of the molecule is CO/N=C(/C(=O)O)c1ccccc1C(O)c1cc(Sc2ccccc2)n(C)n1. The van der Waals surface area contributed by atoms with Crippen LogP contribution in [0.3, 0.4) is 0 Å². The number of hydrogen-bond acceptors (Lipinski definition) is 6. The van der Waals surface area contributed by atoms with Gasteiger partial charge in [-0.05, 0) is 23.8 Å². The van der Waals surface area contributed by atoms with Crippen LogP contribution in [0.2, 0.25) is 0 Å². The van der Waals surface area contributed by atoms with Gasteiger partial charge in [0.25, 0.3) is 0 Å². The van der Waals surface area contributed by atoms with E-state index in [1.54, 1.807) is 42.1 Å². The normalized spacial score (nSPS) is 12.6. The number of carboxylic acids is 1. The molecule has 3 rings (SSSR count). The predicted molar refractivity (Wildman–Crippen MR) is 105 cm³/mol. The second-order valence-electron chi connectivity index (χ2n) is 5.86. The highest BCUT2D eigenvalue weighted by atomic mass is 32.2. The topological polar surface area (TPSA) is 96.9 Å². The van der Waals surface area contributed by atoms with Crippen LogP contribution in [0.25, 0.3) is 0 Å². The molecule has 0 aliphatic heterocycles. The van der Waals surface area contributed by atoms with Crippen LogP contribution in [0, 0.1) is 0 Å². The molecule has 1 unspecified atom stereocenters. The molecule has 144 valence electrons. The van der Waals surface area contributed by atoms with Crippen LogP contribution in [0.15, 0.2) is 75.7 Å². The smallest absolute Gasteiger partial charge is 0.358 e. The van der Waals surface area contributed by atoms with Crippen LogP contribution in [0.1, 0.15) is 22.9 Å². The number of aliphatic hydroxyl groups is 1. The molecule has 0 aliphatic carbocycles. The number of aliphatic hydroxyl groups excluding tert-OH is 1. The lowest BCUT2D eigenvalue weighted by atomic mass is 9.97. The van der Waals surface area contributed by atoms with E-state index < -0.39 is 12.1 Å². The molecule has 0 aliphatic rings. The van der Waals surface area contributed by atoms with Crippen LogP contribution in [-0.4, -0.2) is 38.8 Å². The van der Waals surface area contributed by atoms with E-state index in [0.717, 1.165) is 9.92 Å². The zero-order valence-corrected chi connectivity index (χ0v) is 16.1. The number of rotatable bonds is 7. The number of oxime groups is 1. The zero-order chi connectivity index (χ0) is 20.1. The Morgan fingerprint density at radius 1 is 1.18 bits per heavy atom. The summed E-state index contributed by atoms with van der Waals surface area (Å²) in [6.07, 6.45) is -1.12. The molecule has 8 heteroatoms. The van der Waals surface area contributed by atoms with Crippen molar-refractivity contribution in [2.75, 3.05) is 7.11 Å². The van der Waals surface area contributed by atoms with E-state index in [9.17, 15) is 15.0 Å². The minimum Gasteiger partial charge on any atom is -0.476 e. The molecule has 0 spiro atoms. The minimum absolute atomic E-state index is 0.271. The summed E-state index contributed by atoms with van der Waals surface area (Å²) in [4.78, 5) is 17.2. The fraction of sp³-hybridized carbons (Fsp3) is 0.150. The van der Waals surface area contributed by atoms with Gasteiger partial charge in [-0.2, -0.15) is 5.10 Å². The molecule has 0 amide bonds. The maximum Gasteiger partial charge on any atom is 0.358 e. The molecule has 1 atom stereocenters. The summed E-state index contributed by atoms with van der Waals surface area (Å²) in [6.45, 7) is 0. The zero-order valence-electron chi connectivity index (χ0n) is 15.3. The number of nitrogens with zero attached hydrogens (tertiary/aromatic N) is 3. The van der Waals surface area contributed by atoms with Crippen LogP contribution in [0.4, 0.5) is 0 Å². The molecule has 0 saturated heterocycles. The predicted octanol–water partition coefficient (Wildman–Crippen LogP) is 3.09. The fourth-order valence-electron chi connectivity index (χ4n) is 2.71. The molecule has 3 aromatic rings. The first-order chi connectivity index (χ1) is 13.5. The Morgan fingerprint density at radius 2 is 1.86 bits per heavy atom. The first kappa shape index (κ1) is 19.7. The molecule has 0 bridgehead atoms. The Bertz CT molecular complexity index is 1000. The average Bonchev–Trinajstić information content (AvgIpc) is 3.06. The van der Waals surface area contributed by atoms with Crippen molar-refractivity contribution in [2.45, 2.75) is 16.0 Å². The summed E-state index contributed by atoms with van der Waals surface area (Å²) < 4.78 is 1.68. The number of carbonyl (C=O) groups is 1. The maximum atomic E-state index is 11.5. The van der Waals surface area contributed by atoms with Crippen LogP contribution >= 0.6 is 11.8 Å². The third-order valence-corrected chi connectivity index (χ3v) is 5.10. The van der Waals surface area contributed by atoms with Crippen molar-refractivity contribution in [2.24, 2.45) is 12.2 Å². The van der Waals surface area contributed by atoms with Gasteiger partial charge in [-0.25, -0.2) is 4.79 Å². The first-order valence-electron chi connectivity index (χ1n) is 8.40. The van der Waals surface area contributed by atoms with E-state index in [0.29, 0.717) is 11.3 Å². The average molecular weight is 397 g/mol. The highest BCUT2D eigenvalue weighted by Gasteiger charge is 2.24. The Morgan fingerprint density at radius 3 is 2.54 bits per heavy atom. The van der Waals surface area contributed by atoms with Crippen molar-refractivity contribution in [3.8, 4) is 0 Å². The van der Waals surface area contributed by atoms with Crippen molar-refractivity contribution in [1.29, 1.82) is 0 Å². The van der Waals surface area contributed by atoms with Crippen molar-refractivity contribution in [1.82, 2.24) is 9.78 Å². The van der Waals surface area contributed by atoms with E-state index in [1.807, 2.05) is 30.3 Å². The number of hydrogen-bond donors (Lipinski definition) is 2. The van der Waals surface area contributed by atoms with Gasteiger partial charge in [0.15, 0.2) is 5.71 Å². The van der Waals surface area contributed by atoms with Gasteiger partial charge in [-0.3, -0.25) is 4.68 Å². The van der Waals surface area contributed by atoms with Crippen molar-refractivity contribution < 1.29 is 19.8 Å². The van der Waals surface area contributed by atoms with Crippen molar-refractivity contribution >= 4 is 23.4 Å². The standard InChI is InChI=1S/C20H19N3O4S/c1-23-17(28-13-8-4-3-5-9-13)12-16(21-23)19(24)15-11-7-6-10-14(15)18(20(25)26)22-27-2/h3-12,19,24H,1-2H3,(H,25,26)/b22-18+. The molecule has 0 saturated carbocycles. The van der Waals surface area contributed by atoms with Crippen molar-refractivity contribution in [3.63, 3.8) is 0 Å². The lowest BCUT2D eigenvalue weighted by molar-refractivity contribution is -0.129. The van der Waals surface area contributed by atoms with Gasteiger partial charge in [0.2, 0.25) is 0 Å². The number of benzene rings is 2. The summed E-state index contributed by atoms with van der Waals surface area (Å²) >= 11 is 1.52. The lowest BCUT2D eigenvalue weighted by Gasteiger charge is -2.13. The Kier molecular flexibility index (Phi) is 6.13. The minimum atomic E-state index is -1.25. The van der Waals surface area contributed by atoms with E-state index in [2.05, 4.69) is 15.1 Å². The second kappa shape index (κ2) is 8.73. The molecule has 0 radical (unpaired) electrons. The van der Waals surface area contributed by atoms with E-state index in [4.69, 9.17) is 0 Å². The van der Waals surface area contributed by atoms with Gasteiger partial charge in [-0.1, -0.05) is 59.4 Å². The summed E-state index contributed by atoms with van der Waals surface area (Å²) in [5, 5.41) is 29.2. The van der Waals surface area contributed by atoms with E-state index in [1.165, 1.54) is 18.9 Å². The van der Waals surface area contributed by atoms with Gasteiger partial charge in [0, 0.05) is 17.5 Å². The molecular formula is C20H19N3O4S. The van der Waals surface area contributed by atoms with Crippen LogP contribution in [-0.2, 0) is 16.7 Å². The van der Waals surface area contributed by atoms with Gasteiger partial charge in [0.1, 0.15) is 13.2 Å². The second-order valence-corrected chi connectivity index (χ2v) is 6.96. The monoisotopic (exact) mass is 397 g/mol. The molecular weight excluding hydrogens is 378 g/mol. The highest BCUT2D eigenvalue weighted by molar-refractivity contribution is 7.99. The number of aromatic nitrogens is 2. The lowest BCUT2D eigenvalue weighted by Crippen LogP contribution is -2.18. The van der Waals surface area contributed by atoms with Gasteiger partial charge in [-0.15, -0.1) is 0 Å². The summed E-state index contributed by atoms with van der Waals surface area (Å²) in [7, 11) is 3.07. The fourth-order valence-corrected chi connectivity index (χ4v) is 3.60. The van der Waals surface area contributed by atoms with Crippen LogP contribution in [0.5, 0.6) is 0 Å². The summed E-state index contributed by atoms with van der Waals surface area (Å²) in [5.41, 5.74) is 0.782. The molecule has 2 N–H and O–H groups in total. The Hall–Kier alpha value is -3.10. The van der Waals surface area contributed by atoms with E-state index >= 15 is 0 Å². The highest BCUT2D eigenvalue weighted by Crippen LogP contribution is 2.31. The first-order valence-corrected chi connectivity index (χ1v) is 9.21. The molecule has 1 aromatic heterocycles. The van der Waals surface area contributed by atoms with E-state index in [-0.39, 0.29) is 11.3 Å². The molecule has 1 heterocycles. The third kappa shape index (κ3) is 4.24. The third-order valence-electron chi connectivity index (χ3n) is 4.00. The largest absolute Gasteiger partial charge is 0.476 e. The quantitative estimate of drug-likeness (QED) is 0.470. The molecule has 2 aromatic carbocycles. The molecule has 7 nitrogen and oxygen atoms in total. The van der Waals surface area contributed by atoms with Gasteiger partial charge >= 0.3 is 5.97 Å². The van der Waals surface area contributed by atoms with Gasteiger partial charge < -0.3 is 15.1 Å². The van der Waals surface area contributed by atoms with Crippen LogP contribution < -0.4 is 0 Å². The number of carboxylic acid groups (broad SMARTS) is 1.